The van der Waals surface area contributed by atoms with Gasteiger partial charge in [-0.2, -0.15) is 18.2 Å². The van der Waals surface area contributed by atoms with Crippen LogP contribution in [0.2, 0.25) is 5.02 Å². The molecule has 2 fully saturated rings. The van der Waals surface area contributed by atoms with E-state index in [1.165, 1.54) is 24.4 Å². The minimum Gasteiger partial charge on any atom is -0.483 e. The molecule has 6 rings (SSSR count). The molecule has 37 heavy (non-hydrogen) atoms. The first-order chi connectivity index (χ1) is 17.6. The van der Waals surface area contributed by atoms with Gasteiger partial charge in [0.1, 0.15) is 12.4 Å². The lowest BCUT2D eigenvalue weighted by Crippen LogP contribution is -2.54. The summed E-state index contributed by atoms with van der Waals surface area (Å²) >= 11 is 5.63. The molecule has 3 aliphatic heterocycles. The fourth-order valence-electron chi connectivity index (χ4n) is 5.29. The highest BCUT2D eigenvalue weighted by atomic mass is 35.5. The Kier molecular flexibility index (Phi) is 5.61. The molecule has 3 aromatic rings. The van der Waals surface area contributed by atoms with Crippen molar-refractivity contribution >= 4 is 17.4 Å². The van der Waals surface area contributed by atoms with Crippen LogP contribution < -0.4 is 20.1 Å². The maximum atomic E-state index is 14.8. The van der Waals surface area contributed by atoms with Crippen molar-refractivity contribution in [2.24, 2.45) is 0 Å². The largest absolute Gasteiger partial charge is 0.483 e. The van der Waals surface area contributed by atoms with E-state index in [0.29, 0.717) is 36.8 Å². The molecule has 2 bridgehead atoms. The van der Waals surface area contributed by atoms with E-state index in [1.807, 2.05) is 0 Å². The van der Waals surface area contributed by atoms with Gasteiger partial charge in [0.25, 0.3) is 0 Å². The molecule has 0 radical (unpaired) electrons. The number of ether oxygens (including phenoxy) is 3. The van der Waals surface area contributed by atoms with Crippen molar-refractivity contribution in [2.75, 3.05) is 18.1 Å². The third-order valence-corrected chi connectivity index (χ3v) is 7.40. The molecule has 2 unspecified atom stereocenters. The number of morpholine rings is 1. The lowest BCUT2D eigenvalue weighted by molar-refractivity contribution is -0.137. The van der Waals surface area contributed by atoms with Crippen LogP contribution in [0, 0.1) is 5.82 Å². The summed E-state index contributed by atoms with van der Waals surface area (Å²) in [7, 11) is 0. The summed E-state index contributed by atoms with van der Waals surface area (Å²) in [6.07, 6.45) is -1.50. The Morgan fingerprint density at radius 2 is 2.03 bits per heavy atom. The van der Waals surface area contributed by atoms with Gasteiger partial charge in [0.15, 0.2) is 23.1 Å². The Balaban J connectivity index is 1.21. The number of anilines is 1. The normalized spacial score (nSPS) is 22.1. The summed E-state index contributed by atoms with van der Waals surface area (Å²) in [6, 6.07) is 7.02. The minimum absolute atomic E-state index is 0.0238. The number of rotatable bonds is 5. The number of benzene rings is 2. The number of nitrogens with zero attached hydrogens (tertiary/aromatic N) is 3. The maximum absolute atomic E-state index is 14.8. The molecule has 194 valence electrons. The first-order valence-corrected chi connectivity index (χ1v) is 12.0. The van der Waals surface area contributed by atoms with Gasteiger partial charge in [0.05, 0.1) is 35.0 Å². The molecule has 0 saturated carbocycles. The molecule has 1 aromatic heterocycles. The van der Waals surface area contributed by atoms with Crippen molar-refractivity contribution in [2.45, 2.75) is 43.8 Å². The molecule has 2 saturated heterocycles. The van der Waals surface area contributed by atoms with Gasteiger partial charge in [-0.15, -0.1) is 0 Å². The van der Waals surface area contributed by atoms with E-state index in [4.69, 9.17) is 25.8 Å². The van der Waals surface area contributed by atoms with Crippen LogP contribution in [0.25, 0.3) is 0 Å². The molecule has 0 amide bonds. The van der Waals surface area contributed by atoms with Crippen LogP contribution in [0.3, 0.4) is 0 Å². The van der Waals surface area contributed by atoms with Crippen molar-refractivity contribution in [3.05, 3.63) is 75.0 Å². The van der Waals surface area contributed by atoms with Gasteiger partial charge in [-0.1, -0.05) is 17.7 Å². The molecule has 2 atom stereocenters. The molecule has 1 spiro atoms. The second-order valence-electron chi connectivity index (χ2n) is 9.40. The Morgan fingerprint density at radius 1 is 1.19 bits per heavy atom. The summed E-state index contributed by atoms with van der Waals surface area (Å²) in [5.74, 6) is -0.167. The van der Waals surface area contributed by atoms with Gasteiger partial charge in [0, 0.05) is 19.5 Å². The molecule has 0 N–H and O–H groups in total. The van der Waals surface area contributed by atoms with E-state index in [2.05, 4.69) is 9.88 Å². The minimum atomic E-state index is -4.67. The van der Waals surface area contributed by atoms with E-state index >= 15 is 0 Å². The average Bonchev–Trinajstić information content (AvgIpc) is 3.43. The smallest absolute Gasteiger partial charge is 0.417 e. The summed E-state index contributed by atoms with van der Waals surface area (Å²) in [5, 5.41) is -0.479. The molecular formula is C25H20ClF4N3O4. The van der Waals surface area contributed by atoms with Crippen LogP contribution in [0.15, 0.2) is 47.4 Å². The lowest BCUT2D eigenvalue weighted by atomic mass is 9.92. The summed E-state index contributed by atoms with van der Waals surface area (Å²) in [5.41, 5.74) is -1.13. The van der Waals surface area contributed by atoms with Crippen molar-refractivity contribution in [1.29, 1.82) is 0 Å². The molecule has 12 heteroatoms. The SMILES string of the molecule is O=c1ncc(OCc2ccc(Oc3ccc(Cl)c(C(F)(F)F)c3)c(F)c2)c2n1CCC13COC(CN21)C3. The zero-order valence-corrected chi connectivity index (χ0v) is 20.0. The van der Waals surface area contributed by atoms with E-state index in [0.717, 1.165) is 25.0 Å². The van der Waals surface area contributed by atoms with Crippen LogP contribution in [-0.2, 0) is 24.1 Å². The van der Waals surface area contributed by atoms with Gasteiger partial charge in [-0.05, 0) is 42.3 Å². The summed E-state index contributed by atoms with van der Waals surface area (Å²) in [4.78, 5) is 18.5. The molecular weight excluding hydrogens is 518 g/mol. The standard InChI is InChI=1S/C25H20ClF4N3O4/c26-18-3-2-15(8-17(18)25(28,29)30)37-20-4-1-14(7-19(20)27)12-35-21-10-31-23(34)32-6-5-24-9-16(36-13-24)11-33(24)22(21)32/h1-4,7-8,10,16H,5-6,9,11-13H2. The predicted molar refractivity (Wildman–Crippen MR) is 125 cm³/mol. The second kappa shape index (κ2) is 8.63. The zero-order valence-electron chi connectivity index (χ0n) is 19.2. The third-order valence-electron chi connectivity index (χ3n) is 7.07. The highest BCUT2D eigenvalue weighted by Gasteiger charge is 2.55. The molecule has 0 aliphatic carbocycles. The third kappa shape index (κ3) is 4.19. The highest BCUT2D eigenvalue weighted by Crippen LogP contribution is 2.48. The fourth-order valence-corrected chi connectivity index (χ4v) is 5.52. The van der Waals surface area contributed by atoms with Crippen molar-refractivity contribution in [3.63, 3.8) is 0 Å². The van der Waals surface area contributed by atoms with Gasteiger partial charge < -0.3 is 19.1 Å². The van der Waals surface area contributed by atoms with E-state index < -0.39 is 22.6 Å². The van der Waals surface area contributed by atoms with Crippen LogP contribution >= 0.6 is 11.6 Å². The first-order valence-electron chi connectivity index (χ1n) is 11.6. The van der Waals surface area contributed by atoms with Gasteiger partial charge >= 0.3 is 11.9 Å². The van der Waals surface area contributed by atoms with Crippen molar-refractivity contribution in [1.82, 2.24) is 9.55 Å². The molecule has 4 heterocycles. The lowest BCUT2D eigenvalue weighted by Gasteiger charge is -2.44. The summed E-state index contributed by atoms with van der Waals surface area (Å²) < 4.78 is 72.8. The number of alkyl halides is 3. The predicted octanol–water partition coefficient (Wildman–Crippen LogP) is 5.18. The Bertz CT molecular complexity index is 1450. The van der Waals surface area contributed by atoms with Crippen molar-refractivity contribution < 1.29 is 31.8 Å². The van der Waals surface area contributed by atoms with E-state index in [1.54, 1.807) is 10.6 Å². The quantitative estimate of drug-likeness (QED) is 0.418. The molecule has 7 nitrogen and oxygen atoms in total. The van der Waals surface area contributed by atoms with Gasteiger partial charge in [-0.3, -0.25) is 4.57 Å². The van der Waals surface area contributed by atoms with Crippen LogP contribution in [-0.4, -0.2) is 34.3 Å². The number of fused-ring (bicyclic) bond motifs is 3. The number of hydrogen-bond acceptors (Lipinski definition) is 6. The van der Waals surface area contributed by atoms with E-state index in [-0.39, 0.29) is 35.4 Å². The van der Waals surface area contributed by atoms with Crippen LogP contribution in [0.1, 0.15) is 24.0 Å². The zero-order chi connectivity index (χ0) is 25.9. The number of aromatic nitrogens is 2. The van der Waals surface area contributed by atoms with Gasteiger partial charge in [-0.25, -0.2) is 9.18 Å². The van der Waals surface area contributed by atoms with Crippen LogP contribution in [0.5, 0.6) is 17.2 Å². The monoisotopic (exact) mass is 537 g/mol. The first kappa shape index (κ1) is 24.1. The van der Waals surface area contributed by atoms with Crippen LogP contribution in [0.4, 0.5) is 23.4 Å². The van der Waals surface area contributed by atoms with Crippen molar-refractivity contribution in [3.8, 4) is 17.2 Å². The highest BCUT2D eigenvalue weighted by molar-refractivity contribution is 6.31. The number of hydrogen-bond donors (Lipinski definition) is 0. The summed E-state index contributed by atoms with van der Waals surface area (Å²) in [6.45, 7) is 1.73. The topological polar surface area (TPSA) is 65.8 Å². The Hall–Kier alpha value is -3.31. The molecule has 2 aromatic carbocycles. The molecule has 3 aliphatic rings. The second-order valence-corrected chi connectivity index (χ2v) is 9.80. The van der Waals surface area contributed by atoms with E-state index in [9.17, 15) is 22.4 Å². The fraction of sp³-hybridized carbons (Fsp3) is 0.360. The average molecular weight is 538 g/mol. The Morgan fingerprint density at radius 3 is 2.78 bits per heavy atom. The van der Waals surface area contributed by atoms with Gasteiger partial charge in [0.2, 0.25) is 0 Å². The number of halogens is 5. The maximum Gasteiger partial charge on any atom is 0.417 e. The Labute approximate surface area is 213 Å².